The van der Waals surface area contributed by atoms with E-state index < -0.39 is 18.1 Å². The smallest absolute Gasteiger partial charge is 0.406 e. The Bertz CT molecular complexity index is 918. The highest BCUT2D eigenvalue weighted by Crippen LogP contribution is 2.33. The molecule has 1 heterocycles. The molecule has 1 aromatic heterocycles. The van der Waals surface area contributed by atoms with Gasteiger partial charge < -0.3 is 10.1 Å². The van der Waals surface area contributed by atoms with Crippen molar-refractivity contribution in [3.8, 4) is 17.0 Å². The molecule has 0 atom stereocenters. The number of aromatic nitrogens is 1. The Hall–Kier alpha value is -2.75. The summed E-state index contributed by atoms with van der Waals surface area (Å²) in [6, 6.07) is 9.80. The standard InChI is InChI=1S/C17H10F6N2OS/c18-16(19,20)11-2-1-3-12(8-11)24-15-25-14(9-27-15)10-4-6-13(7-5-10)26-17(21,22)23/h1-9H,(H,24,25). The van der Waals surface area contributed by atoms with Gasteiger partial charge in [0.1, 0.15) is 5.75 Å². The number of alkyl halides is 6. The fraction of sp³-hybridized carbons (Fsp3) is 0.118. The van der Waals surface area contributed by atoms with Gasteiger partial charge in [-0.05, 0) is 42.5 Å². The molecule has 0 unspecified atom stereocenters. The van der Waals surface area contributed by atoms with Crippen LogP contribution in [-0.4, -0.2) is 11.3 Å². The predicted molar refractivity (Wildman–Crippen MR) is 89.0 cm³/mol. The van der Waals surface area contributed by atoms with Crippen molar-refractivity contribution >= 4 is 22.2 Å². The van der Waals surface area contributed by atoms with Crippen molar-refractivity contribution in [1.29, 1.82) is 0 Å². The first-order valence-corrected chi connectivity index (χ1v) is 8.24. The highest BCUT2D eigenvalue weighted by atomic mass is 32.1. The van der Waals surface area contributed by atoms with Crippen LogP contribution >= 0.6 is 11.3 Å². The Morgan fingerprint density at radius 3 is 2.26 bits per heavy atom. The van der Waals surface area contributed by atoms with Gasteiger partial charge in [-0.1, -0.05) is 6.07 Å². The molecule has 0 saturated heterocycles. The van der Waals surface area contributed by atoms with Crippen molar-refractivity contribution < 1.29 is 31.1 Å². The molecule has 0 radical (unpaired) electrons. The molecule has 142 valence electrons. The molecule has 0 saturated carbocycles. The van der Waals surface area contributed by atoms with E-state index >= 15 is 0 Å². The topological polar surface area (TPSA) is 34.1 Å². The molecule has 1 N–H and O–H groups in total. The second-order valence-corrected chi connectivity index (χ2v) is 6.17. The SMILES string of the molecule is FC(F)(F)Oc1ccc(-c2csc(Nc3cccc(C(F)(F)F)c3)n2)cc1. The van der Waals surface area contributed by atoms with Crippen molar-refractivity contribution in [2.75, 3.05) is 5.32 Å². The Morgan fingerprint density at radius 2 is 1.63 bits per heavy atom. The van der Waals surface area contributed by atoms with Crippen LogP contribution in [0.5, 0.6) is 5.75 Å². The third kappa shape index (κ3) is 5.13. The molecule has 3 rings (SSSR count). The van der Waals surface area contributed by atoms with E-state index in [2.05, 4.69) is 15.0 Å². The summed E-state index contributed by atoms with van der Waals surface area (Å²) in [7, 11) is 0. The molecule has 0 fully saturated rings. The fourth-order valence-electron chi connectivity index (χ4n) is 2.19. The number of rotatable bonds is 4. The summed E-state index contributed by atoms with van der Waals surface area (Å²) in [5.41, 5.74) is 0.440. The van der Waals surface area contributed by atoms with Crippen LogP contribution in [0.1, 0.15) is 5.56 Å². The minimum absolute atomic E-state index is 0.222. The molecule has 27 heavy (non-hydrogen) atoms. The Morgan fingerprint density at radius 1 is 0.926 bits per heavy atom. The van der Waals surface area contributed by atoms with Gasteiger partial charge >= 0.3 is 12.5 Å². The second kappa shape index (κ2) is 7.10. The van der Waals surface area contributed by atoms with E-state index in [-0.39, 0.29) is 11.4 Å². The Balaban J connectivity index is 1.74. The largest absolute Gasteiger partial charge is 0.573 e. The van der Waals surface area contributed by atoms with E-state index in [1.165, 1.54) is 24.3 Å². The lowest BCUT2D eigenvalue weighted by molar-refractivity contribution is -0.274. The minimum Gasteiger partial charge on any atom is -0.406 e. The molecule has 0 spiro atoms. The van der Waals surface area contributed by atoms with E-state index in [9.17, 15) is 26.3 Å². The summed E-state index contributed by atoms with van der Waals surface area (Å²) in [4.78, 5) is 4.23. The number of hydrogen-bond acceptors (Lipinski definition) is 4. The highest BCUT2D eigenvalue weighted by molar-refractivity contribution is 7.14. The van der Waals surface area contributed by atoms with Gasteiger partial charge in [-0.3, -0.25) is 0 Å². The molecule has 0 amide bonds. The summed E-state index contributed by atoms with van der Waals surface area (Å²) < 4.78 is 78.5. The maximum absolute atomic E-state index is 12.7. The maximum Gasteiger partial charge on any atom is 0.573 e. The number of thiazole rings is 1. The van der Waals surface area contributed by atoms with Gasteiger partial charge in [-0.25, -0.2) is 4.98 Å². The zero-order valence-corrected chi connectivity index (χ0v) is 14.0. The van der Waals surface area contributed by atoms with E-state index in [1.807, 2.05) is 0 Å². The minimum atomic E-state index is -4.77. The average Bonchev–Trinajstić information content (AvgIpc) is 3.02. The van der Waals surface area contributed by atoms with E-state index in [4.69, 9.17) is 0 Å². The van der Waals surface area contributed by atoms with Gasteiger partial charge in [0.25, 0.3) is 0 Å². The first kappa shape index (κ1) is 19.0. The van der Waals surface area contributed by atoms with Crippen LogP contribution < -0.4 is 10.1 Å². The Labute approximate surface area is 153 Å². The zero-order chi connectivity index (χ0) is 19.7. The first-order valence-electron chi connectivity index (χ1n) is 7.36. The molecule has 0 aliphatic carbocycles. The summed E-state index contributed by atoms with van der Waals surface area (Å²) in [5.74, 6) is -0.358. The number of ether oxygens (including phenoxy) is 1. The average molecular weight is 404 g/mol. The molecule has 3 aromatic rings. The number of benzene rings is 2. The van der Waals surface area contributed by atoms with Crippen LogP contribution in [0.4, 0.5) is 37.2 Å². The van der Waals surface area contributed by atoms with Crippen molar-refractivity contribution in [2.24, 2.45) is 0 Å². The lowest BCUT2D eigenvalue weighted by Gasteiger charge is -2.09. The lowest BCUT2D eigenvalue weighted by atomic mass is 10.2. The number of anilines is 2. The predicted octanol–water partition coefficient (Wildman–Crippen LogP) is 6.47. The Kier molecular flexibility index (Phi) is 5.01. The van der Waals surface area contributed by atoms with Crippen molar-refractivity contribution in [2.45, 2.75) is 12.5 Å². The van der Waals surface area contributed by atoms with Gasteiger partial charge in [0.05, 0.1) is 11.3 Å². The molecule has 0 bridgehead atoms. The normalized spacial score (nSPS) is 12.1. The lowest BCUT2D eigenvalue weighted by Crippen LogP contribution is -2.16. The molecule has 3 nitrogen and oxygen atoms in total. The number of halogens is 6. The van der Waals surface area contributed by atoms with Crippen LogP contribution in [0.15, 0.2) is 53.9 Å². The van der Waals surface area contributed by atoms with Crippen molar-refractivity contribution in [3.05, 3.63) is 59.5 Å². The van der Waals surface area contributed by atoms with Crippen LogP contribution in [0.25, 0.3) is 11.3 Å². The van der Waals surface area contributed by atoms with Gasteiger partial charge in [0.15, 0.2) is 5.13 Å². The molecule has 0 aliphatic heterocycles. The molecular formula is C17H10F6N2OS. The first-order chi connectivity index (χ1) is 12.6. The van der Waals surface area contributed by atoms with E-state index in [0.717, 1.165) is 35.6 Å². The summed E-state index contributed by atoms with van der Waals surface area (Å²) in [5, 5.41) is 4.76. The van der Waals surface area contributed by atoms with E-state index in [1.54, 1.807) is 5.38 Å². The molecule has 2 aromatic carbocycles. The van der Waals surface area contributed by atoms with Crippen LogP contribution in [0.2, 0.25) is 0 Å². The number of nitrogens with one attached hydrogen (secondary N) is 1. The van der Waals surface area contributed by atoms with Crippen molar-refractivity contribution in [3.63, 3.8) is 0 Å². The second-order valence-electron chi connectivity index (χ2n) is 5.31. The quantitative estimate of drug-likeness (QED) is 0.506. The third-order valence-corrected chi connectivity index (χ3v) is 4.09. The number of hydrogen-bond donors (Lipinski definition) is 1. The van der Waals surface area contributed by atoms with Gasteiger partial charge in [-0.2, -0.15) is 13.2 Å². The van der Waals surface area contributed by atoms with Crippen LogP contribution in [0, 0.1) is 0 Å². The summed E-state index contributed by atoms with van der Waals surface area (Å²) >= 11 is 1.15. The van der Waals surface area contributed by atoms with Crippen LogP contribution in [0.3, 0.4) is 0 Å². The summed E-state index contributed by atoms with van der Waals surface area (Å²) in [6.45, 7) is 0. The van der Waals surface area contributed by atoms with Gasteiger partial charge in [0, 0.05) is 16.6 Å². The van der Waals surface area contributed by atoms with Crippen LogP contribution in [-0.2, 0) is 6.18 Å². The fourth-order valence-corrected chi connectivity index (χ4v) is 2.93. The van der Waals surface area contributed by atoms with E-state index in [0.29, 0.717) is 16.4 Å². The molecular weight excluding hydrogens is 394 g/mol. The van der Waals surface area contributed by atoms with Gasteiger partial charge in [-0.15, -0.1) is 24.5 Å². The van der Waals surface area contributed by atoms with Crippen molar-refractivity contribution in [1.82, 2.24) is 4.98 Å². The highest BCUT2D eigenvalue weighted by Gasteiger charge is 2.31. The maximum atomic E-state index is 12.7. The molecule has 0 aliphatic rings. The molecule has 10 heteroatoms. The monoisotopic (exact) mass is 404 g/mol. The van der Waals surface area contributed by atoms with Gasteiger partial charge in [0.2, 0.25) is 0 Å². The zero-order valence-electron chi connectivity index (χ0n) is 13.2. The number of nitrogens with zero attached hydrogens (tertiary/aromatic N) is 1. The summed E-state index contributed by atoms with van der Waals surface area (Å²) in [6.07, 6.45) is -9.23. The third-order valence-electron chi connectivity index (χ3n) is 3.33.